The maximum absolute atomic E-state index is 14.6. The maximum atomic E-state index is 14.6. The zero-order chi connectivity index (χ0) is 19.5. The number of nitrogens with zero attached hydrogens (tertiary/aromatic N) is 5. The van der Waals surface area contributed by atoms with E-state index in [-0.39, 0.29) is 24.7 Å². The van der Waals surface area contributed by atoms with E-state index in [9.17, 15) is 9.18 Å². The third-order valence-electron chi connectivity index (χ3n) is 4.02. The van der Waals surface area contributed by atoms with Crippen molar-refractivity contribution in [2.45, 2.75) is 6.10 Å². The van der Waals surface area contributed by atoms with Crippen LogP contribution in [0.5, 0.6) is 5.88 Å². The first-order valence-electron chi connectivity index (χ1n) is 8.16. The van der Waals surface area contributed by atoms with Crippen molar-refractivity contribution < 1.29 is 28.4 Å². The topological polar surface area (TPSA) is 115 Å². The van der Waals surface area contributed by atoms with Crippen LogP contribution >= 0.6 is 0 Å². The lowest BCUT2D eigenvalue weighted by Gasteiger charge is -2.14. The summed E-state index contributed by atoms with van der Waals surface area (Å²) in [6.07, 6.45) is 4.26. The number of hydrogen-bond acceptors (Lipinski definition) is 8. The molecule has 0 spiro atoms. The Morgan fingerprint density at radius 3 is 3.07 bits per heavy atom. The summed E-state index contributed by atoms with van der Waals surface area (Å²) in [4.78, 5) is 17.4. The van der Waals surface area contributed by atoms with Crippen LogP contribution < -0.4 is 9.64 Å². The molecule has 0 bridgehead atoms. The first-order valence-corrected chi connectivity index (χ1v) is 8.16. The molecular formula is C17H14FN5O5. The SMILES string of the molecule is O=C1OC(COc2ccon2)CN1c1ccc(-n2cnc(/C=N\O)c2)c(F)c1. The van der Waals surface area contributed by atoms with E-state index < -0.39 is 18.0 Å². The smallest absolute Gasteiger partial charge is 0.414 e. The third kappa shape index (κ3) is 3.49. The van der Waals surface area contributed by atoms with Crippen LogP contribution in [0.15, 0.2) is 52.7 Å². The number of imidazole rings is 1. The number of amides is 1. The van der Waals surface area contributed by atoms with Crippen molar-refractivity contribution in [2.24, 2.45) is 5.16 Å². The van der Waals surface area contributed by atoms with Gasteiger partial charge in [0.05, 0.1) is 24.1 Å². The van der Waals surface area contributed by atoms with Crippen LogP contribution in [0.2, 0.25) is 0 Å². The van der Waals surface area contributed by atoms with Gasteiger partial charge >= 0.3 is 6.09 Å². The van der Waals surface area contributed by atoms with E-state index in [0.29, 0.717) is 11.4 Å². The fraction of sp³-hybridized carbons (Fsp3) is 0.176. The van der Waals surface area contributed by atoms with Crippen molar-refractivity contribution in [1.82, 2.24) is 14.7 Å². The summed E-state index contributed by atoms with van der Waals surface area (Å²) < 4.78 is 31.3. The average Bonchev–Trinajstić information content (AvgIpc) is 3.41. The van der Waals surface area contributed by atoms with Crippen LogP contribution in [-0.4, -0.2) is 51.5 Å². The van der Waals surface area contributed by atoms with Crippen LogP contribution in [0.1, 0.15) is 5.69 Å². The molecule has 1 atom stereocenters. The Balaban J connectivity index is 1.46. The number of oxime groups is 1. The molecular weight excluding hydrogens is 373 g/mol. The highest BCUT2D eigenvalue weighted by atomic mass is 19.1. The minimum absolute atomic E-state index is 0.0968. The van der Waals surface area contributed by atoms with Gasteiger partial charge < -0.3 is 23.8 Å². The van der Waals surface area contributed by atoms with E-state index >= 15 is 0 Å². The van der Waals surface area contributed by atoms with E-state index in [1.807, 2.05) is 0 Å². The predicted molar refractivity (Wildman–Crippen MR) is 92.5 cm³/mol. The Bertz CT molecular complexity index is 1000. The Morgan fingerprint density at radius 2 is 2.32 bits per heavy atom. The Kier molecular flexibility index (Phi) is 4.62. The Morgan fingerprint density at radius 1 is 1.43 bits per heavy atom. The van der Waals surface area contributed by atoms with Gasteiger partial charge in [-0.2, -0.15) is 0 Å². The van der Waals surface area contributed by atoms with Gasteiger partial charge in [-0.3, -0.25) is 4.90 Å². The molecule has 1 aliphatic rings. The van der Waals surface area contributed by atoms with Crippen molar-refractivity contribution in [3.05, 3.63) is 54.6 Å². The molecule has 1 unspecified atom stereocenters. The fourth-order valence-electron chi connectivity index (χ4n) is 2.74. The summed E-state index contributed by atoms with van der Waals surface area (Å²) in [5.74, 6) is -0.270. The second-order valence-electron chi connectivity index (χ2n) is 5.85. The zero-order valence-corrected chi connectivity index (χ0v) is 14.3. The van der Waals surface area contributed by atoms with Crippen LogP contribution in [0, 0.1) is 5.82 Å². The summed E-state index contributed by atoms with van der Waals surface area (Å²) in [5, 5.41) is 15.0. The van der Waals surface area contributed by atoms with Crippen molar-refractivity contribution in [3.8, 4) is 11.6 Å². The van der Waals surface area contributed by atoms with E-state index in [1.165, 1.54) is 46.5 Å². The molecule has 1 aromatic carbocycles. The predicted octanol–water partition coefficient (Wildman–Crippen LogP) is 2.21. The highest BCUT2D eigenvalue weighted by Crippen LogP contribution is 2.26. The number of aromatic nitrogens is 3. The van der Waals surface area contributed by atoms with E-state index in [2.05, 4.69) is 19.8 Å². The quantitative estimate of drug-likeness (QED) is 0.392. The number of ether oxygens (including phenoxy) is 2. The van der Waals surface area contributed by atoms with Crippen LogP contribution in [-0.2, 0) is 4.74 Å². The van der Waals surface area contributed by atoms with Gasteiger partial charge in [0.25, 0.3) is 5.88 Å². The molecule has 0 saturated carbocycles. The van der Waals surface area contributed by atoms with Crippen LogP contribution in [0.3, 0.4) is 0 Å². The van der Waals surface area contributed by atoms with E-state index in [0.717, 1.165) is 6.21 Å². The number of halogens is 1. The van der Waals surface area contributed by atoms with Gasteiger partial charge in [-0.05, 0) is 23.4 Å². The van der Waals surface area contributed by atoms with Gasteiger partial charge in [0.2, 0.25) is 0 Å². The molecule has 11 heteroatoms. The Labute approximate surface area is 157 Å². The largest absolute Gasteiger partial charge is 0.471 e. The Hall–Kier alpha value is -3.89. The lowest BCUT2D eigenvalue weighted by atomic mass is 10.2. The summed E-state index contributed by atoms with van der Waals surface area (Å²) in [6, 6.07) is 5.88. The van der Waals surface area contributed by atoms with Crippen molar-refractivity contribution in [3.63, 3.8) is 0 Å². The standard InChI is InChI=1S/C17H14FN5O5/c18-14-5-12(1-2-15(14)22-7-11(6-20-25)19-10-22)23-8-13(28-17(23)24)9-26-16-3-4-27-21-16/h1-7,10,13,25H,8-9H2/b20-6-. The number of hydrogen-bond donors (Lipinski definition) is 1. The maximum Gasteiger partial charge on any atom is 0.414 e. The molecule has 10 nitrogen and oxygen atoms in total. The molecule has 28 heavy (non-hydrogen) atoms. The van der Waals surface area contributed by atoms with E-state index in [1.54, 1.807) is 6.07 Å². The number of benzene rings is 1. The highest BCUT2D eigenvalue weighted by Gasteiger charge is 2.33. The fourth-order valence-corrected chi connectivity index (χ4v) is 2.74. The molecule has 4 rings (SSSR count). The summed E-state index contributed by atoms with van der Waals surface area (Å²) in [7, 11) is 0. The van der Waals surface area contributed by atoms with Crippen molar-refractivity contribution in [2.75, 3.05) is 18.1 Å². The van der Waals surface area contributed by atoms with Gasteiger partial charge in [0.15, 0.2) is 6.10 Å². The molecule has 1 aliphatic heterocycles. The third-order valence-corrected chi connectivity index (χ3v) is 4.02. The molecule has 1 N–H and O–H groups in total. The average molecular weight is 387 g/mol. The van der Waals surface area contributed by atoms with Crippen LogP contribution in [0.25, 0.3) is 5.69 Å². The molecule has 144 valence electrons. The van der Waals surface area contributed by atoms with Crippen molar-refractivity contribution in [1.29, 1.82) is 0 Å². The van der Waals surface area contributed by atoms with Gasteiger partial charge in [-0.15, -0.1) is 0 Å². The number of carbonyl (C=O) groups excluding carboxylic acids is 1. The number of anilines is 1. The van der Waals surface area contributed by atoms with Gasteiger partial charge in [-0.25, -0.2) is 14.2 Å². The monoisotopic (exact) mass is 387 g/mol. The minimum atomic E-state index is -0.593. The number of cyclic esters (lactones) is 1. The summed E-state index contributed by atoms with van der Waals surface area (Å²) in [5.41, 5.74) is 0.948. The molecule has 0 aliphatic carbocycles. The second-order valence-corrected chi connectivity index (χ2v) is 5.85. The molecule has 1 fully saturated rings. The molecule has 3 heterocycles. The van der Waals surface area contributed by atoms with Gasteiger partial charge in [0.1, 0.15) is 30.7 Å². The summed E-state index contributed by atoms with van der Waals surface area (Å²) >= 11 is 0. The zero-order valence-electron chi connectivity index (χ0n) is 14.3. The second kappa shape index (κ2) is 7.39. The lowest BCUT2D eigenvalue weighted by Crippen LogP contribution is -2.26. The minimum Gasteiger partial charge on any atom is -0.471 e. The van der Waals surface area contributed by atoms with Gasteiger partial charge in [0, 0.05) is 12.3 Å². The molecule has 1 amide bonds. The summed E-state index contributed by atoms with van der Waals surface area (Å²) in [6.45, 7) is 0.303. The molecule has 1 saturated heterocycles. The normalized spacial score (nSPS) is 16.7. The molecule has 3 aromatic rings. The molecule has 0 radical (unpaired) electrons. The van der Waals surface area contributed by atoms with Crippen LogP contribution in [0.4, 0.5) is 14.9 Å². The first-order chi connectivity index (χ1) is 13.6. The first kappa shape index (κ1) is 17.5. The highest BCUT2D eigenvalue weighted by molar-refractivity contribution is 5.89. The van der Waals surface area contributed by atoms with E-state index in [4.69, 9.17) is 14.7 Å². The number of carbonyl (C=O) groups is 1. The molecule has 2 aromatic heterocycles. The number of rotatable bonds is 6. The van der Waals surface area contributed by atoms with Gasteiger partial charge in [-0.1, -0.05) is 5.16 Å². The lowest BCUT2D eigenvalue weighted by molar-refractivity contribution is 0.102. The van der Waals surface area contributed by atoms with Crippen molar-refractivity contribution >= 4 is 18.0 Å².